The highest BCUT2D eigenvalue weighted by Crippen LogP contribution is 2.35. The van der Waals surface area contributed by atoms with Crippen LogP contribution < -0.4 is 4.90 Å². The van der Waals surface area contributed by atoms with Crippen molar-refractivity contribution in [2.24, 2.45) is 0 Å². The molecule has 0 bridgehead atoms. The predicted molar refractivity (Wildman–Crippen MR) is 106 cm³/mol. The number of para-hydroxylation sites is 2. The fraction of sp³-hybridized carbons (Fsp3) is 0.130. The van der Waals surface area contributed by atoms with Crippen LogP contribution in [0.4, 0.5) is 5.69 Å². The topological polar surface area (TPSA) is 19.0 Å². The fourth-order valence-corrected chi connectivity index (χ4v) is 3.49. The van der Waals surface area contributed by atoms with Crippen molar-refractivity contribution in [1.29, 1.82) is 0 Å². The van der Waals surface area contributed by atoms with E-state index in [1.165, 1.54) is 33.3 Å². The molecule has 0 spiro atoms. The first kappa shape index (κ1) is 15.5. The number of fused-ring (bicyclic) bond motifs is 1. The van der Waals surface area contributed by atoms with Crippen molar-refractivity contribution in [2.75, 3.05) is 11.9 Å². The Bertz CT molecular complexity index is 968. The molecule has 1 heterocycles. The second kappa shape index (κ2) is 6.48. The third-order valence-corrected chi connectivity index (χ3v) is 4.86. The molecule has 1 aromatic heterocycles. The number of aromatic amines is 1. The second-order valence-corrected chi connectivity index (χ2v) is 6.55. The summed E-state index contributed by atoms with van der Waals surface area (Å²) >= 11 is 0. The van der Waals surface area contributed by atoms with E-state index in [9.17, 15) is 0 Å². The van der Waals surface area contributed by atoms with Crippen LogP contribution in [0.2, 0.25) is 0 Å². The van der Waals surface area contributed by atoms with E-state index in [0.29, 0.717) is 0 Å². The van der Waals surface area contributed by atoms with Crippen molar-refractivity contribution in [3.05, 3.63) is 102 Å². The average molecular weight is 326 g/mol. The minimum Gasteiger partial charge on any atom is -0.363 e. The van der Waals surface area contributed by atoms with Gasteiger partial charge in [0.05, 0.1) is 6.04 Å². The largest absolute Gasteiger partial charge is 0.363 e. The number of aryl methyl sites for hydroxylation is 1. The number of nitrogens with one attached hydrogen (secondary N) is 1. The van der Waals surface area contributed by atoms with Crippen LogP contribution in [0.25, 0.3) is 10.9 Å². The van der Waals surface area contributed by atoms with E-state index in [1.807, 2.05) is 0 Å². The number of hydrogen-bond donors (Lipinski definition) is 1. The van der Waals surface area contributed by atoms with Crippen LogP contribution >= 0.6 is 0 Å². The van der Waals surface area contributed by atoms with E-state index in [-0.39, 0.29) is 6.04 Å². The van der Waals surface area contributed by atoms with Gasteiger partial charge in [-0.1, -0.05) is 66.2 Å². The molecule has 0 radical (unpaired) electrons. The maximum atomic E-state index is 3.43. The molecule has 0 amide bonds. The van der Waals surface area contributed by atoms with Crippen LogP contribution in [0.3, 0.4) is 0 Å². The quantitative estimate of drug-likeness (QED) is 0.509. The van der Waals surface area contributed by atoms with E-state index in [4.69, 9.17) is 0 Å². The van der Waals surface area contributed by atoms with Gasteiger partial charge < -0.3 is 9.88 Å². The molecule has 0 fully saturated rings. The first-order valence-corrected chi connectivity index (χ1v) is 8.64. The number of nitrogens with zero attached hydrogens (tertiary/aromatic N) is 1. The SMILES string of the molecule is Cc1ccc(C(c2c[nH]c3ccccc23)N(C)c2ccccc2)cc1. The van der Waals surface area contributed by atoms with E-state index >= 15 is 0 Å². The summed E-state index contributed by atoms with van der Waals surface area (Å²) in [5, 5.41) is 1.27. The lowest BCUT2D eigenvalue weighted by molar-refractivity contribution is 0.788. The van der Waals surface area contributed by atoms with Gasteiger partial charge >= 0.3 is 0 Å². The molecule has 0 aliphatic carbocycles. The molecular weight excluding hydrogens is 304 g/mol. The maximum Gasteiger partial charge on any atom is 0.0813 e. The van der Waals surface area contributed by atoms with Crippen molar-refractivity contribution in [2.45, 2.75) is 13.0 Å². The monoisotopic (exact) mass is 326 g/mol. The van der Waals surface area contributed by atoms with Crippen LogP contribution in [0.1, 0.15) is 22.7 Å². The molecular formula is C23H22N2. The Labute approximate surface area is 148 Å². The van der Waals surface area contributed by atoms with Gasteiger partial charge in [0, 0.05) is 35.4 Å². The summed E-state index contributed by atoms with van der Waals surface area (Å²) in [5.41, 5.74) is 6.26. The van der Waals surface area contributed by atoms with E-state index in [2.05, 4.69) is 109 Å². The third-order valence-electron chi connectivity index (χ3n) is 4.86. The Morgan fingerprint density at radius 1 is 0.800 bits per heavy atom. The molecule has 4 rings (SSSR count). The molecule has 1 atom stereocenters. The number of anilines is 1. The molecule has 0 saturated heterocycles. The summed E-state index contributed by atoms with van der Waals surface area (Å²) in [6, 6.07) is 28.1. The third kappa shape index (κ3) is 2.91. The van der Waals surface area contributed by atoms with Crippen molar-refractivity contribution in [3.8, 4) is 0 Å². The Hall–Kier alpha value is -3.00. The minimum atomic E-state index is 0.152. The van der Waals surface area contributed by atoms with Gasteiger partial charge in [-0.3, -0.25) is 0 Å². The standard InChI is InChI=1S/C23H22N2/c1-17-12-14-18(15-13-17)23(25(2)19-8-4-3-5-9-19)21-16-24-22-11-7-6-10-20(21)22/h3-16,23-24H,1-2H3. The van der Waals surface area contributed by atoms with Gasteiger partial charge in [0.15, 0.2) is 0 Å². The molecule has 2 nitrogen and oxygen atoms in total. The van der Waals surface area contributed by atoms with Crippen LogP contribution in [0, 0.1) is 6.92 Å². The Kier molecular flexibility index (Phi) is 4.02. The first-order chi connectivity index (χ1) is 12.2. The van der Waals surface area contributed by atoms with Crippen LogP contribution in [0.15, 0.2) is 85.1 Å². The summed E-state index contributed by atoms with van der Waals surface area (Å²) in [6.07, 6.45) is 2.15. The van der Waals surface area contributed by atoms with Gasteiger partial charge in [-0.2, -0.15) is 0 Å². The number of rotatable bonds is 4. The zero-order chi connectivity index (χ0) is 17.2. The van der Waals surface area contributed by atoms with E-state index < -0.39 is 0 Å². The fourth-order valence-electron chi connectivity index (χ4n) is 3.49. The number of benzene rings is 3. The van der Waals surface area contributed by atoms with Gasteiger partial charge in [0.1, 0.15) is 0 Å². The summed E-state index contributed by atoms with van der Waals surface area (Å²) < 4.78 is 0. The Balaban J connectivity index is 1.88. The van der Waals surface area contributed by atoms with Crippen molar-refractivity contribution >= 4 is 16.6 Å². The summed E-state index contributed by atoms with van der Waals surface area (Å²) in [5.74, 6) is 0. The van der Waals surface area contributed by atoms with Crippen LogP contribution in [0.5, 0.6) is 0 Å². The molecule has 1 N–H and O–H groups in total. The zero-order valence-electron chi connectivity index (χ0n) is 14.6. The molecule has 1 unspecified atom stereocenters. The van der Waals surface area contributed by atoms with Gasteiger partial charge in [-0.15, -0.1) is 0 Å². The molecule has 25 heavy (non-hydrogen) atoms. The minimum absolute atomic E-state index is 0.152. The average Bonchev–Trinajstić information content (AvgIpc) is 3.08. The number of aromatic nitrogens is 1. The van der Waals surface area contributed by atoms with Crippen LogP contribution in [-0.2, 0) is 0 Å². The molecule has 2 heteroatoms. The Morgan fingerprint density at radius 2 is 1.48 bits per heavy atom. The van der Waals surface area contributed by atoms with E-state index in [0.717, 1.165) is 0 Å². The second-order valence-electron chi connectivity index (χ2n) is 6.55. The smallest absolute Gasteiger partial charge is 0.0813 e. The van der Waals surface area contributed by atoms with Crippen molar-refractivity contribution in [3.63, 3.8) is 0 Å². The molecule has 0 aliphatic heterocycles. The molecule has 0 aliphatic rings. The van der Waals surface area contributed by atoms with E-state index in [1.54, 1.807) is 0 Å². The van der Waals surface area contributed by atoms with Gasteiger partial charge in [-0.05, 0) is 30.7 Å². The zero-order valence-corrected chi connectivity index (χ0v) is 14.6. The molecule has 124 valence electrons. The summed E-state index contributed by atoms with van der Waals surface area (Å²) in [7, 11) is 2.17. The highest BCUT2D eigenvalue weighted by Gasteiger charge is 2.22. The predicted octanol–water partition coefficient (Wildman–Crippen LogP) is 5.70. The molecule has 3 aromatic carbocycles. The molecule has 0 saturated carbocycles. The van der Waals surface area contributed by atoms with Crippen molar-refractivity contribution < 1.29 is 0 Å². The van der Waals surface area contributed by atoms with Crippen molar-refractivity contribution in [1.82, 2.24) is 4.98 Å². The van der Waals surface area contributed by atoms with Gasteiger partial charge in [0.2, 0.25) is 0 Å². The first-order valence-electron chi connectivity index (χ1n) is 8.64. The lowest BCUT2D eigenvalue weighted by Gasteiger charge is -2.30. The van der Waals surface area contributed by atoms with Gasteiger partial charge in [-0.25, -0.2) is 0 Å². The number of H-pyrrole nitrogens is 1. The summed E-state index contributed by atoms with van der Waals surface area (Å²) in [6.45, 7) is 2.13. The lowest BCUT2D eigenvalue weighted by Crippen LogP contribution is -2.25. The van der Waals surface area contributed by atoms with Crippen LogP contribution in [-0.4, -0.2) is 12.0 Å². The normalized spacial score (nSPS) is 12.2. The lowest BCUT2D eigenvalue weighted by atomic mass is 9.95. The maximum absolute atomic E-state index is 3.43. The highest BCUT2D eigenvalue weighted by atomic mass is 15.1. The number of hydrogen-bond acceptors (Lipinski definition) is 1. The Morgan fingerprint density at radius 3 is 2.24 bits per heavy atom. The molecule has 4 aromatic rings. The summed E-state index contributed by atoms with van der Waals surface area (Å²) in [4.78, 5) is 5.78. The highest BCUT2D eigenvalue weighted by molar-refractivity contribution is 5.84. The van der Waals surface area contributed by atoms with Gasteiger partial charge in [0.25, 0.3) is 0 Å².